The van der Waals surface area contributed by atoms with Gasteiger partial charge in [0.2, 0.25) is 5.91 Å². The molecule has 0 saturated heterocycles. The fourth-order valence-electron chi connectivity index (χ4n) is 3.40. The normalized spacial score (nSPS) is 11.1. The summed E-state index contributed by atoms with van der Waals surface area (Å²) < 4.78 is 5.31. The van der Waals surface area contributed by atoms with Crippen molar-refractivity contribution in [2.24, 2.45) is 0 Å². The second-order valence-electron chi connectivity index (χ2n) is 6.97. The van der Waals surface area contributed by atoms with E-state index in [1.165, 1.54) is 0 Å². The van der Waals surface area contributed by atoms with Crippen molar-refractivity contribution < 1.29 is 9.53 Å². The summed E-state index contributed by atoms with van der Waals surface area (Å²) in [5, 5.41) is 4.65. The minimum atomic E-state index is -0.100. The summed E-state index contributed by atoms with van der Waals surface area (Å²) in [5.74, 6) is 0.536. The Morgan fingerprint density at radius 3 is 2.66 bits per heavy atom. The number of aryl methyl sites for hydroxylation is 1. The van der Waals surface area contributed by atoms with E-state index in [4.69, 9.17) is 21.3 Å². The topological polar surface area (TPSA) is 54.5 Å². The van der Waals surface area contributed by atoms with Crippen LogP contribution in [0.15, 0.2) is 48.5 Å². The van der Waals surface area contributed by atoms with Crippen molar-refractivity contribution in [3.63, 3.8) is 0 Å². The molecule has 1 aromatic heterocycles. The number of benzene rings is 2. The molecule has 2 aromatic carbocycles. The zero-order chi connectivity index (χ0) is 20.8. The Bertz CT molecular complexity index is 1010. The quantitative estimate of drug-likeness (QED) is 0.563. The fraction of sp³-hybridized carbons (Fsp3) is 0.304. The molecule has 0 unspecified atom stereocenters. The van der Waals surface area contributed by atoms with Gasteiger partial charge in [0, 0.05) is 11.9 Å². The van der Waals surface area contributed by atoms with E-state index in [2.05, 4.69) is 17.1 Å². The molecule has 0 radical (unpaired) electrons. The standard InChI is InChI=1S/C23H26ClN3O2/c1-4-13-27(15-22(28)26-19-11-7-8-12-21(19)29-3)14-20-23(24)16(2)17-9-5-6-10-18(17)25-20/h5-12H,4,13-15H2,1-3H3,(H,26,28). The van der Waals surface area contributed by atoms with Gasteiger partial charge in [0.25, 0.3) is 0 Å². The number of hydrogen-bond acceptors (Lipinski definition) is 4. The number of aromatic nitrogens is 1. The number of fused-ring (bicyclic) bond motifs is 1. The lowest BCUT2D eigenvalue weighted by Crippen LogP contribution is -2.34. The van der Waals surface area contributed by atoms with Crippen molar-refractivity contribution in [3.05, 3.63) is 64.8 Å². The molecule has 0 aliphatic heterocycles. The molecule has 152 valence electrons. The molecule has 0 saturated carbocycles. The number of anilines is 1. The smallest absolute Gasteiger partial charge is 0.238 e. The predicted octanol–water partition coefficient (Wildman–Crippen LogP) is 5.06. The molecule has 0 spiro atoms. The van der Waals surface area contributed by atoms with Gasteiger partial charge >= 0.3 is 0 Å². The molecule has 5 nitrogen and oxygen atoms in total. The minimum Gasteiger partial charge on any atom is -0.495 e. The van der Waals surface area contributed by atoms with Crippen LogP contribution in [0.5, 0.6) is 5.75 Å². The molecule has 1 amide bonds. The Kier molecular flexibility index (Phi) is 7.07. The van der Waals surface area contributed by atoms with Gasteiger partial charge in [-0.2, -0.15) is 0 Å². The lowest BCUT2D eigenvalue weighted by Gasteiger charge is -2.22. The molecule has 3 aromatic rings. The maximum Gasteiger partial charge on any atom is 0.238 e. The lowest BCUT2D eigenvalue weighted by molar-refractivity contribution is -0.117. The van der Waals surface area contributed by atoms with E-state index in [9.17, 15) is 4.79 Å². The first-order valence-corrected chi connectivity index (χ1v) is 10.1. The van der Waals surface area contributed by atoms with Crippen LogP contribution < -0.4 is 10.1 Å². The first kappa shape index (κ1) is 21.1. The van der Waals surface area contributed by atoms with E-state index in [0.29, 0.717) is 23.0 Å². The van der Waals surface area contributed by atoms with Gasteiger partial charge in [-0.05, 0) is 43.7 Å². The molecule has 0 aliphatic rings. The zero-order valence-corrected chi connectivity index (χ0v) is 17.8. The zero-order valence-electron chi connectivity index (χ0n) is 17.0. The molecule has 1 N–H and O–H groups in total. The molecule has 0 atom stereocenters. The van der Waals surface area contributed by atoms with Gasteiger partial charge in [0.15, 0.2) is 0 Å². The predicted molar refractivity (Wildman–Crippen MR) is 119 cm³/mol. The van der Waals surface area contributed by atoms with E-state index in [1.807, 2.05) is 55.5 Å². The third-order valence-electron chi connectivity index (χ3n) is 4.81. The maximum atomic E-state index is 12.7. The van der Waals surface area contributed by atoms with Gasteiger partial charge in [-0.15, -0.1) is 0 Å². The highest BCUT2D eigenvalue weighted by Crippen LogP contribution is 2.28. The number of nitrogens with zero attached hydrogens (tertiary/aromatic N) is 2. The first-order chi connectivity index (χ1) is 14.0. The highest BCUT2D eigenvalue weighted by molar-refractivity contribution is 6.32. The number of pyridine rings is 1. The van der Waals surface area contributed by atoms with Crippen molar-refractivity contribution >= 4 is 34.1 Å². The number of ether oxygens (including phenoxy) is 1. The molecule has 0 bridgehead atoms. The third-order valence-corrected chi connectivity index (χ3v) is 5.31. The molecule has 0 fully saturated rings. The highest BCUT2D eigenvalue weighted by atomic mass is 35.5. The number of hydrogen-bond donors (Lipinski definition) is 1. The third kappa shape index (κ3) is 5.05. The van der Waals surface area contributed by atoms with Gasteiger partial charge in [0.05, 0.1) is 35.6 Å². The van der Waals surface area contributed by atoms with Crippen LogP contribution in [-0.2, 0) is 11.3 Å². The second kappa shape index (κ2) is 9.72. The number of methoxy groups -OCH3 is 1. The summed E-state index contributed by atoms with van der Waals surface area (Å²) in [6.07, 6.45) is 0.923. The van der Waals surface area contributed by atoms with Crippen molar-refractivity contribution in [1.29, 1.82) is 0 Å². The fourth-order valence-corrected chi connectivity index (χ4v) is 3.61. The maximum absolute atomic E-state index is 12.7. The van der Waals surface area contributed by atoms with Crippen LogP contribution in [0.25, 0.3) is 10.9 Å². The van der Waals surface area contributed by atoms with Crippen LogP contribution in [0.3, 0.4) is 0 Å². The average Bonchev–Trinajstić information content (AvgIpc) is 2.72. The summed E-state index contributed by atoms with van der Waals surface area (Å²) >= 11 is 6.62. The molecular weight excluding hydrogens is 386 g/mol. The number of rotatable bonds is 8. The van der Waals surface area contributed by atoms with Crippen LogP contribution >= 0.6 is 11.6 Å². The number of carbonyl (C=O) groups is 1. The van der Waals surface area contributed by atoms with E-state index in [0.717, 1.165) is 35.1 Å². The highest BCUT2D eigenvalue weighted by Gasteiger charge is 2.17. The van der Waals surface area contributed by atoms with Gasteiger partial charge < -0.3 is 10.1 Å². The summed E-state index contributed by atoms with van der Waals surface area (Å²) in [6, 6.07) is 15.3. The SMILES string of the molecule is CCCN(CC(=O)Nc1ccccc1OC)Cc1nc2ccccc2c(C)c1Cl. The average molecular weight is 412 g/mol. The number of carbonyl (C=O) groups excluding carboxylic acids is 1. The van der Waals surface area contributed by atoms with Gasteiger partial charge in [0.1, 0.15) is 5.75 Å². The summed E-state index contributed by atoms with van der Waals surface area (Å²) in [5.41, 5.74) is 3.39. The summed E-state index contributed by atoms with van der Waals surface area (Å²) in [4.78, 5) is 19.5. The number of halogens is 1. The van der Waals surface area contributed by atoms with Crippen LogP contribution in [0.1, 0.15) is 24.6 Å². The first-order valence-electron chi connectivity index (χ1n) is 9.72. The number of amides is 1. The number of nitrogens with one attached hydrogen (secondary N) is 1. The van der Waals surface area contributed by atoms with E-state index >= 15 is 0 Å². The van der Waals surface area contributed by atoms with E-state index in [-0.39, 0.29) is 12.5 Å². The largest absolute Gasteiger partial charge is 0.495 e. The number of para-hydroxylation sites is 3. The monoisotopic (exact) mass is 411 g/mol. The van der Waals surface area contributed by atoms with Crippen LogP contribution in [-0.4, -0.2) is 36.0 Å². The molecule has 1 heterocycles. The molecule has 0 aliphatic carbocycles. The second-order valence-corrected chi connectivity index (χ2v) is 7.35. The van der Waals surface area contributed by atoms with Crippen LogP contribution in [0, 0.1) is 6.92 Å². The molecule has 3 rings (SSSR count). The minimum absolute atomic E-state index is 0.100. The Labute approximate surface area is 176 Å². The van der Waals surface area contributed by atoms with E-state index < -0.39 is 0 Å². The summed E-state index contributed by atoms with van der Waals surface area (Å²) in [6.45, 7) is 5.62. The Morgan fingerprint density at radius 2 is 1.90 bits per heavy atom. The molecule has 29 heavy (non-hydrogen) atoms. The Balaban J connectivity index is 1.77. The van der Waals surface area contributed by atoms with Crippen LogP contribution in [0.4, 0.5) is 5.69 Å². The van der Waals surface area contributed by atoms with Crippen LogP contribution in [0.2, 0.25) is 5.02 Å². The van der Waals surface area contributed by atoms with Gasteiger partial charge in [-0.3, -0.25) is 9.69 Å². The Hall–Kier alpha value is -2.63. The molecular formula is C23H26ClN3O2. The van der Waals surface area contributed by atoms with Crippen molar-refractivity contribution in [1.82, 2.24) is 9.88 Å². The Morgan fingerprint density at radius 1 is 1.17 bits per heavy atom. The van der Waals surface area contributed by atoms with Crippen molar-refractivity contribution in [2.45, 2.75) is 26.8 Å². The van der Waals surface area contributed by atoms with Crippen molar-refractivity contribution in [2.75, 3.05) is 25.5 Å². The molecule has 6 heteroatoms. The summed E-state index contributed by atoms with van der Waals surface area (Å²) in [7, 11) is 1.59. The lowest BCUT2D eigenvalue weighted by atomic mass is 10.1. The van der Waals surface area contributed by atoms with E-state index in [1.54, 1.807) is 7.11 Å². The van der Waals surface area contributed by atoms with Gasteiger partial charge in [-0.25, -0.2) is 4.98 Å². The van der Waals surface area contributed by atoms with Gasteiger partial charge in [-0.1, -0.05) is 48.9 Å². The van der Waals surface area contributed by atoms with Crippen molar-refractivity contribution in [3.8, 4) is 5.75 Å².